The van der Waals surface area contributed by atoms with Crippen molar-refractivity contribution in [2.45, 2.75) is 32.6 Å². The normalized spacial score (nSPS) is 24.2. The largest absolute Gasteiger partial charge is 0.497 e. The highest BCUT2D eigenvalue weighted by Crippen LogP contribution is 2.52. The number of carbonyl (C=O) groups is 1. The minimum Gasteiger partial charge on any atom is -0.497 e. The van der Waals surface area contributed by atoms with Crippen molar-refractivity contribution in [2.75, 3.05) is 13.9 Å². The highest BCUT2D eigenvalue weighted by Gasteiger charge is 2.46. The van der Waals surface area contributed by atoms with Gasteiger partial charge in [0.2, 0.25) is 6.79 Å². The van der Waals surface area contributed by atoms with Gasteiger partial charge in [0.1, 0.15) is 11.5 Å². The number of carbonyl (C=O) groups excluding carboxylic acids is 1. The van der Waals surface area contributed by atoms with Gasteiger partial charge in [-0.3, -0.25) is 9.79 Å². The summed E-state index contributed by atoms with van der Waals surface area (Å²) in [5.41, 5.74) is 3.85. The average Bonchev–Trinajstić information content (AvgIpc) is 3.11. The summed E-state index contributed by atoms with van der Waals surface area (Å²) in [7, 11) is 1.66. The van der Waals surface area contributed by atoms with Crippen LogP contribution >= 0.6 is 0 Å². The molecule has 0 N–H and O–H groups in total. The molecule has 2 atom stereocenters. The lowest BCUT2D eigenvalue weighted by Gasteiger charge is -2.41. The number of methoxy groups -OCH3 is 1. The van der Waals surface area contributed by atoms with Gasteiger partial charge < -0.3 is 14.2 Å². The number of nitrogens with zero attached hydrogens (tertiary/aromatic N) is 1. The Kier molecular flexibility index (Phi) is 3.76. The molecule has 2 heterocycles. The molecule has 0 spiro atoms. The van der Waals surface area contributed by atoms with Crippen LogP contribution in [0, 0.1) is 11.3 Å². The van der Waals surface area contributed by atoms with Gasteiger partial charge in [-0.2, -0.15) is 0 Å². The Labute approximate surface area is 164 Å². The molecule has 2 unspecified atom stereocenters. The molecule has 1 saturated carbocycles. The van der Waals surface area contributed by atoms with Crippen molar-refractivity contribution in [3.05, 3.63) is 47.5 Å². The Balaban J connectivity index is 1.72. The molecular formula is C23H23NO4. The van der Waals surface area contributed by atoms with E-state index >= 15 is 0 Å². The highest BCUT2D eigenvalue weighted by atomic mass is 16.7. The average molecular weight is 377 g/mol. The van der Waals surface area contributed by atoms with Crippen LogP contribution in [0.5, 0.6) is 17.2 Å². The van der Waals surface area contributed by atoms with Gasteiger partial charge in [-0.15, -0.1) is 0 Å². The number of ether oxygens (including phenoxy) is 3. The summed E-state index contributed by atoms with van der Waals surface area (Å²) in [4.78, 5) is 18.2. The zero-order chi connectivity index (χ0) is 19.5. The number of hydrogen-bond acceptors (Lipinski definition) is 5. The maximum atomic E-state index is 13.3. The predicted molar refractivity (Wildman–Crippen MR) is 106 cm³/mol. The number of rotatable bonds is 2. The van der Waals surface area contributed by atoms with Gasteiger partial charge >= 0.3 is 0 Å². The van der Waals surface area contributed by atoms with E-state index in [9.17, 15) is 4.79 Å². The van der Waals surface area contributed by atoms with Gasteiger partial charge in [-0.25, -0.2) is 0 Å². The number of fused-ring (bicyclic) bond motifs is 3. The third-order valence-corrected chi connectivity index (χ3v) is 5.93. The van der Waals surface area contributed by atoms with Crippen LogP contribution in [-0.4, -0.2) is 25.4 Å². The molecule has 5 rings (SSSR count). The van der Waals surface area contributed by atoms with Gasteiger partial charge in [0.15, 0.2) is 11.5 Å². The van der Waals surface area contributed by atoms with Crippen molar-refractivity contribution in [1.82, 2.24) is 0 Å². The molecule has 0 amide bonds. The summed E-state index contributed by atoms with van der Waals surface area (Å²) in [5, 5.41) is 0. The molecule has 0 aromatic heterocycles. The minimum atomic E-state index is -0.243. The third-order valence-electron chi connectivity index (χ3n) is 5.93. The predicted octanol–water partition coefficient (Wildman–Crippen LogP) is 4.65. The van der Waals surface area contributed by atoms with Gasteiger partial charge in [0.05, 0.1) is 18.7 Å². The van der Waals surface area contributed by atoms with E-state index in [4.69, 9.17) is 19.2 Å². The SMILES string of the molecule is COc1cccc(C2c3cc4c(cc3N=C3CC(C)(C)CC(=O)C32)OCO4)c1. The van der Waals surface area contributed by atoms with Crippen LogP contribution in [0.4, 0.5) is 5.69 Å². The van der Waals surface area contributed by atoms with Gasteiger partial charge in [-0.05, 0) is 41.2 Å². The van der Waals surface area contributed by atoms with Crippen LogP contribution in [0.3, 0.4) is 0 Å². The van der Waals surface area contributed by atoms with Crippen molar-refractivity contribution >= 4 is 17.2 Å². The van der Waals surface area contributed by atoms with Gasteiger partial charge in [0, 0.05) is 24.1 Å². The second-order valence-corrected chi connectivity index (χ2v) is 8.58. The van der Waals surface area contributed by atoms with Crippen molar-refractivity contribution in [2.24, 2.45) is 16.3 Å². The fourth-order valence-electron chi connectivity index (χ4n) is 4.75. The lowest BCUT2D eigenvalue weighted by Crippen LogP contribution is -2.42. The van der Waals surface area contributed by atoms with E-state index in [0.717, 1.165) is 34.7 Å². The molecular weight excluding hydrogens is 354 g/mol. The van der Waals surface area contributed by atoms with Gasteiger partial charge in [-0.1, -0.05) is 26.0 Å². The minimum absolute atomic E-state index is 0.0703. The standard InChI is InChI=1S/C23H23NO4/c1-23(2)10-17-22(18(25)11-23)21(13-5-4-6-14(7-13)26-3)15-8-19-20(28-12-27-19)9-16(15)24-17/h4-9,21-22H,10-12H2,1-3H3. The van der Waals surface area contributed by atoms with Crippen LogP contribution in [0.2, 0.25) is 0 Å². The zero-order valence-corrected chi connectivity index (χ0v) is 16.3. The van der Waals surface area contributed by atoms with Crippen LogP contribution in [0.1, 0.15) is 43.7 Å². The molecule has 0 radical (unpaired) electrons. The fourth-order valence-corrected chi connectivity index (χ4v) is 4.75. The van der Waals surface area contributed by atoms with E-state index in [0.29, 0.717) is 17.9 Å². The van der Waals surface area contributed by atoms with Crippen LogP contribution < -0.4 is 14.2 Å². The first-order valence-electron chi connectivity index (χ1n) is 9.63. The van der Waals surface area contributed by atoms with Gasteiger partial charge in [0.25, 0.3) is 0 Å². The molecule has 1 fully saturated rings. The van der Waals surface area contributed by atoms with E-state index < -0.39 is 0 Å². The van der Waals surface area contributed by atoms with Crippen molar-refractivity contribution < 1.29 is 19.0 Å². The smallest absolute Gasteiger partial charge is 0.231 e. The van der Waals surface area contributed by atoms with E-state index in [2.05, 4.69) is 19.9 Å². The maximum Gasteiger partial charge on any atom is 0.231 e. The Morgan fingerprint density at radius 3 is 2.64 bits per heavy atom. The van der Waals surface area contributed by atoms with E-state index in [-0.39, 0.29) is 29.8 Å². The first kappa shape index (κ1) is 17.3. The summed E-state index contributed by atoms with van der Waals surface area (Å²) in [6.45, 7) is 4.49. The Bertz CT molecular complexity index is 1010. The molecule has 2 aromatic rings. The van der Waals surface area contributed by atoms with E-state index in [1.807, 2.05) is 30.3 Å². The van der Waals surface area contributed by atoms with Crippen LogP contribution in [0.15, 0.2) is 41.4 Å². The number of hydrogen-bond donors (Lipinski definition) is 0. The number of Topliss-reactive ketones (excluding diaryl/α,β-unsaturated/α-hetero) is 1. The molecule has 144 valence electrons. The molecule has 0 bridgehead atoms. The first-order chi connectivity index (χ1) is 13.4. The molecule has 1 aliphatic carbocycles. The maximum absolute atomic E-state index is 13.3. The second kappa shape index (κ2) is 6.09. The lowest BCUT2D eigenvalue weighted by atomic mass is 9.63. The lowest BCUT2D eigenvalue weighted by molar-refractivity contribution is -0.124. The Hall–Kier alpha value is -2.82. The summed E-state index contributed by atoms with van der Waals surface area (Å²) in [6, 6.07) is 11.9. The van der Waals surface area contributed by atoms with Crippen LogP contribution in [0.25, 0.3) is 0 Å². The summed E-state index contributed by atoms with van der Waals surface area (Å²) < 4.78 is 16.6. The molecule has 0 saturated heterocycles. The molecule has 2 aliphatic heterocycles. The number of ketones is 1. The van der Waals surface area contributed by atoms with Crippen molar-refractivity contribution in [3.63, 3.8) is 0 Å². The Morgan fingerprint density at radius 2 is 1.86 bits per heavy atom. The number of aliphatic imine (C=N–C) groups is 1. The van der Waals surface area contributed by atoms with Crippen LogP contribution in [-0.2, 0) is 4.79 Å². The number of benzene rings is 2. The summed E-state index contributed by atoms with van der Waals surface area (Å²) >= 11 is 0. The zero-order valence-electron chi connectivity index (χ0n) is 16.3. The highest BCUT2D eigenvalue weighted by molar-refractivity contribution is 6.11. The van der Waals surface area contributed by atoms with Crippen molar-refractivity contribution in [1.29, 1.82) is 0 Å². The summed E-state index contributed by atoms with van der Waals surface area (Å²) in [5.74, 6) is 2.13. The van der Waals surface area contributed by atoms with E-state index in [1.165, 1.54) is 0 Å². The molecule has 5 nitrogen and oxygen atoms in total. The van der Waals surface area contributed by atoms with E-state index in [1.54, 1.807) is 7.11 Å². The van der Waals surface area contributed by atoms with Crippen molar-refractivity contribution in [3.8, 4) is 17.2 Å². The molecule has 5 heteroatoms. The molecule has 2 aromatic carbocycles. The molecule has 28 heavy (non-hydrogen) atoms. The Morgan fingerprint density at radius 1 is 1.07 bits per heavy atom. The topological polar surface area (TPSA) is 57.1 Å². The monoisotopic (exact) mass is 377 g/mol. The third kappa shape index (κ3) is 2.68. The quantitative estimate of drug-likeness (QED) is 0.765. The molecule has 3 aliphatic rings. The fraction of sp³-hybridized carbons (Fsp3) is 0.391. The first-order valence-corrected chi connectivity index (χ1v) is 9.63. The second-order valence-electron chi connectivity index (χ2n) is 8.58. The summed E-state index contributed by atoms with van der Waals surface area (Å²) in [6.07, 6.45) is 1.38.